The zero-order valence-corrected chi connectivity index (χ0v) is 12.1. The highest BCUT2D eigenvalue weighted by Gasteiger charge is 2.13. The first kappa shape index (κ1) is 13.9. The van der Waals surface area contributed by atoms with E-state index in [1.807, 2.05) is 6.92 Å². The molecule has 7 nitrogen and oxygen atoms in total. The Kier molecular flexibility index (Phi) is 4.45. The lowest BCUT2D eigenvalue weighted by Crippen LogP contribution is -2.12. The number of thioether (sulfide) groups is 1. The number of nitrogens with one attached hydrogen (secondary N) is 1. The Morgan fingerprint density at radius 2 is 2.26 bits per heavy atom. The molecule has 0 fully saturated rings. The van der Waals surface area contributed by atoms with Gasteiger partial charge in [0.2, 0.25) is 5.13 Å². The topological polar surface area (TPSA) is 105 Å². The summed E-state index contributed by atoms with van der Waals surface area (Å²) >= 11 is 3.57. The fraction of sp³-hybridized carbons (Fsp3) is 0.222. The minimum Gasteiger partial charge on any atom is -0.481 e. The van der Waals surface area contributed by atoms with Crippen LogP contribution in [0.2, 0.25) is 0 Å². The first-order valence-corrected chi connectivity index (χ1v) is 7.64. The number of hydrogen-bond donors (Lipinski definition) is 2. The zero-order valence-electron chi connectivity index (χ0n) is 9.61. The third-order valence-electron chi connectivity index (χ3n) is 1.80. The average molecular weight is 316 g/mol. The van der Waals surface area contributed by atoms with Crippen molar-refractivity contribution >= 4 is 51.4 Å². The minimum absolute atomic E-state index is 0.0894. The third kappa shape index (κ3) is 3.98. The Bertz CT molecular complexity index is 609. The number of thiazole rings is 1. The van der Waals surface area contributed by atoms with Gasteiger partial charge in [-0.1, -0.05) is 23.1 Å². The van der Waals surface area contributed by atoms with E-state index in [9.17, 15) is 9.59 Å². The van der Waals surface area contributed by atoms with Gasteiger partial charge < -0.3 is 5.11 Å². The van der Waals surface area contributed by atoms with Gasteiger partial charge >= 0.3 is 5.97 Å². The summed E-state index contributed by atoms with van der Waals surface area (Å²) in [6.45, 7) is 1.81. The third-order valence-corrected chi connectivity index (χ3v) is 4.53. The summed E-state index contributed by atoms with van der Waals surface area (Å²) in [5.74, 6) is -1.37. The van der Waals surface area contributed by atoms with E-state index >= 15 is 0 Å². The number of aryl methyl sites for hydroxylation is 1. The first-order chi connectivity index (χ1) is 9.04. The summed E-state index contributed by atoms with van der Waals surface area (Å²) in [5.41, 5.74) is 0.331. The van der Waals surface area contributed by atoms with E-state index in [0.29, 0.717) is 15.2 Å². The van der Waals surface area contributed by atoms with Crippen LogP contribution >= 0.6 is 34.4 Å². The quantitative estimate of drug-likeness (QED) is 0.639. The van der Waals surface area contributed by atoms with Gasteiger partial charge in [0.1, 0.15) is 5.69 Å². The van der Waals surface area contributed by atoms with Gasteiger partial charge in [0.15, 0.2) is 4.34 Å². The van der Waals surface area contributed by atoms with Crippen LogP contribution < -0.4 is 5.32 Å². The Morgan fingerprint density at radius 1 is 1.47 bits per heavy atom. The van der Waals surface area contributed by atoms with Crippen molar-refractivity contribution in [3.05, 3.63) is 16.1 Å². The van der Waals surface area contributed by atoms with Crippen LogP contribution in [0.3, 0.4) is 0 Å². The van der Waals surface area contributed by atoms with E-state index in [-0.39, 0.29) is 11.7 Å². The Hall–Kier alpha value is -1.52. The number of amides is 1. The summed E-state index contributed by atoms with van der Waals surface area (Å²) in [6, 6.07) is 0. The van der Waals surface area contributed by atoms with E-state index in [4.69, 9.17) is 5.11 Å². The maximum atomic E-state index is 11.8. The molecular formula is C9H8N4O3S3. The Balaban J connectivity index is 1.96. The minimum atomic E-state index is -0.927. The summed E-state index contributed by atoms with van der Waals surface area (Å²) in [6.07, 6.45) is 0. The van der Waals surface area contributed by atoms with E-state index in [1.165, 1.54) is 11.3 Å². The van der Waals surface area contributed by atoms with Gasteiger partial charge in [0.05, 0.1) is 10.8 Å². The van der Waals surface area contributed by atoms with Crippen LogP contribution in [0.4, 0.5) is 5.13 Å². The molecule has 10 heteroatoms. The largest absolute Gasteiger partial charge is 0.481 e. The van der Waals surface area contributed by atoms with Crippen LogP contribution in [-0.2, 0) is 4.79 Å². The van der Waals surface area contributed by atoms with E-state index in [0.717, 1.165) is 28.1 Å². The zero-order chi connectivity index (χ0) is 13.8. The molecule has 2 aromatic rings. The number of carboxylic acids is 1. The molecule has 1 amide bonds. The molecule has 2 rings (SSSR count). The summed E-state index contributed by atoms with van der Waals surface area (Å²) in [5, 5.41) is 21.4. The molecule has 0 unspecified atom stereocenters. The van der Waals surface area contributed by atoms with E-state index < -0.39 is 5.97 Å². The molecule has 0 spiro atoms. The summed E-state index contributed by atoms with van der Waals surface area (Å²) in [4.78, 5) is 26.2. The number of anilines is 1. The molecule has 0 aliphatic rings. The number of aromatic nitrogens is 3. The maximum absolute atomic E-state index is 11.8. The maximum Gasteiger partial charge on any atom is 0.313 e. The van der Waals surface area contributed by atoms with Crippen LogP contribution in [0, 0.1) is 6.92 Å². The number of rotatable bonds is 5. The molecule has 100 valence electrons. The van der Waals surface area contributed by atoms with Gasteiger partial charge in [-0.25, -0.2) is 4.98 Å². The second-order valence-corrected chi connectivity index (χ2v) is 6.52. The van der Waals surface area contributed by atoms with Crippen molar-refractivity contribution < 1.29 is 14.7 Å². The second-order valence-electron chi connectivity index (χ2n) is 3.26. The Morgan fingerprint density at radius 3 is 2.89 bits per heavy atom. The van der Waals surface area contributed by atoms with Crippen LogP contribution in [0.1, 0.15) is 15.5 Å². The molecule has 0 saturated heterocycles. The van der Waals surface area contributed by atoms with Gasteiger partial charge in [-0.15, -0.1) is 21.5 Å². The van der Waals surface area contributed by atoms with Gasteiger partial charge in [0, 0.05) is 5.38 Å². The molecule has 0 saturated carbocycles. The molecule has 2 N–H and O–H groups in total. The highest BCUT2D eigenvalue weighted by Crippen LogP contribution is 2.25. The SMILES string of the molecule is Cc1nc(C(=O)Nc2nnc(SCC(=O)O)s2)cs1. The van der Waals surface area contributed by atoms with Crippen LogP contribution in [0.15, 0.2) is 9.72 Å². The molecule has 0 radical (unpaired) electrons. The van der Waals surface area contributed by atoms with Crippen LogP contribution in [0.25, 0.3) is 0 Å². The number of hydrogen-bond acceptors (Lipinski definition) is 8. The smallest absolute Gasteiger partial charge is 0.313 e. The monoisotopic (exact) mass is 316 g/mol. The molecule has 0 aliphatic heterocycles. The first-order valence-electron chi connectivity index (χ1n) is 4.96. The molecule has 2 aromatic heterocycles. The fourth-order valence-electron chi connectivity index (χ4n) is 1.07. The molecule has 0 atom stereocenters. The van der Waals surface area contributed by atoms with E-state index in [2.05, 4.69) is 20.5 Å². The van der Waals surface area contributed by atoms with Crippen molar-refractivity contribution in [2.24, 2.45) is 0 Å². The highest BCUT2D eigenvalue weighted by atomic mass is 32.2. The van der Waals surface area contributed by atoms with Crippen molar-refractivity contribution in [2.75, 3.05) is 11.1 Å². The van der Waals surface area contributed by atoms with Crippen molar-refractivity contribution in [1.82, 2.24) is 15.2 Å². The predicted octanol–water partition coefficient (Wildman–Crippen LogP) is 1.73. The molecule has 19 heavy (non-hydrogen) atoms. The van der Waals surface area contributed by atoms with Gasteiger partial charge in [0.25, 0.3) is 5.91 Å². The van der Waals surface area contributed by atoms with Crippen molar-refractivity contribution in [2.45, 2.75) is 11.3 Å². The van der Waals surface area contributed by atoms with Gasteiger partial charge in [-0.2, -0.15) is 0 Å². The summed E-state index contributed by atoms with van der Waals surface area (Å²) in [7, 11) is 0. The lowest BCUT2D eigenvalue weighted by atomic mass is 10.5. The normalized spacial score (nSPS) is 10.4. The van der Waals surface area contributed by atoms with Gasteiger partial charge in [-0.05, 0) is 6.92 Å². The van der Waals surface area contributed by atoms with Gasteiger partial charge in [-0.3, -0.25) is 14.9 Å². The number of nitrogens with zero attached hydrogens (tertiary/aromatic N) is 3. The number of carboxylic acid groups (broad SMARTS) is 1. The fourth-order valence-corrected chi connectivity index (χ4v) is 3.13. The van der Waals surface area contributed by atoms with Crippen LogP contribution in [0.5, 0.6) is 0 Å². The van der Waals surface area contributed by atoms with Crippen molar-refractivity contribution in [3.8, 4) is 0 Å². The van der Waals surface area contributed by atoms with Crippen LogP contribution in [-0.4, -0.2) is 37.9 Å². The number of carbonyl (C=O) groups excluding carboxylic acids is 1. The second kappa shape index (κ2) is 6.08. The average Bonchev–Trinajstić information content (AvgIpc) is 2.95. The van der Waals surface area contributed by atoms with Crippen molar-refractivity contribution in [3.63, 3.8) is 0 Å². The standard InChI is InChI=1S/C9H8N4O3S3/c1-4-10-5(2-17-4)7(16)11-8-12-13-9(19-8)18-3-6(14)15/h2H,3H2,1H3,(H,14,15)(H,11,12,16). The highest BCUT2D eigenvalue weighted by molar-refractivity contribution is 8.01. The summed E-state index contributed by atoms with van der Waals surface area (Å²) < 4.78 is 0.493. The van der Waals surface area contributed by atoms with E-state index in [1.54, 1.807) is 5.38 Å². The lowest BCUT2D eigenvalue weighted by molar-refractivity contribution is -0.133. The molecule has 0 aliphatic carbocycles. The molecule has 0 bridgehead atoms. The van der Waals surface area contributed by atoms with Crippen molar-refractivity contribution in [1.29, 1.82) is 0 Å². The predicted molar refractivity (Wildman–Crippen MR) is 73.1 cm³/mol. The Labute approximate surface area is 120 Å². The molecule has 0 aromatic carbocycles. The molecular weight excluding hydrogens is 308 g/mol. The lowest BCUT2D eigenvalue weighted by Gasteiger charge is -1.95. The number of carbonyl (C=O) groups is 2. The number of aliphatic carboxylic acids is 1. The molecule has 2 heterocycles.